The predicted molar refractivity (Wildman–Crippen MR) is 122 cm³/mol. The molecule has 0 unspecified atom stereocenters. The van der Waals surface area contributed by atoms with Crippen LogP contribution in [0.2, 0.25) is 0 Å². The van der Waals surface area contributed by atoms with Gasteiger partial charge in [0.2, 0.25) is 0 Å². The molecule has 2 aromatic heterocycles. The number of rotatable bonds is 6. The third-order valence-corrected chi connectivity index (χ3v) is 5.81. The van der Waals surface area contributed by atoms with E-state index < -0.39 is 0 Å². The van der Waals surface area contributed by atoms with Crippen molar-refractivity contribution in [2.75, 3.05) is 19.5 Å². The molecule has 152 valence electrons. The molecule has 4 aromatic rings. The quantitative estimate of drug-likeness (QED) is 0.440. The zero-order valence-corrected chi connectivity index (χ0v) is 17.7. The van der Waals surface area contributed by atoms with Crippen LogP contribution < -0.4 is 14.8 Å². The molecule has 0 radical (unpaired) electrons. The van der Waals surface area contributed by atoms with Gasteiger partial charge in [0.05, 0.1) is 36.0 Å². The lowest BCUT2D eigenvalue weighted by Gasteiger charge is -2.14. The Labute approximate surface area is 178 Å². The average molecular weight is 420 g/mol. The molecular formula is C23H21N3O3S. The number of nitrogens with zero attached hydrogens (tertiary/aromatic N) is 1. The lowest BCUT2D eigenvalue weighted by Crippen LogP contribution is -2.12. The number of amides is 1. The fourth-order valence-corrected chi connectivity index (χ4v) is 4.03. The van der Waals surface area contributed by atoms with Gasteiger partial charge in [0, 0.05) is 17.0 Å². The second kappa shape index (κ2) is 8.42. The molecule has 0 saturated carbocycles. The Morgan fingerprint density at radius 3 is 2.60 bits per heavy atom. The number of fused-ring (bicyclic) bond motifs is 1. The molecule has 30 heavy (non-hydrogen) atoms. The number of benzene rings is 2. The summed E-state index contributed by atoms with van der Waals surface area (Å²) in [5.74, 6) is 0.960. The third kappa shape index (κ3) is 3.79. The highest BCUT2D eigenvalue weighted by molar-refractivity contribution is 7.12. The van der Waals surface area contributed by atoms with Gasteiger partial charge in [0.15, 0.2) is 11.5 Å². The van der Waals surface area contributed by atoms with Crippen LogP contribution in [0.25, 0.3) is 23.1 Å². The Morgan fingerprint density at radius 1 is 1.10 bits per heavy atom. The number of methoxy groups -OCH3 is 2. The lowest BCUT2D eigenvalue weighted by molar-refractivity contribution is 0.103. The zero-order chi connectivity index (χ0) is 21.1. The number of para-hydroxylation sites is 1. The normalized spacial score (nSPS) is 11.2. The van der Waals surface area contributed by atoms with Crippen LogP contribution in [0.1, 0.15) is 26.5 Å². The summed E-state index contributed by atoms with van der Waals surface area (Å²) >= 11 is 1.41. The minimum Gasteiger partial charge on any atom is -0.493 e. The number of nitrogens with one attached hydrogen (secondary N) is 2. The minimum absolute atomic E-state index is 0.158. The van der Waals surface area contributed by atoms with Crippen LogP contribution in [-0.2, 0) is 0 Å². The number of aromatic nitrogens is 2. The predicted octanol–water partition coefficient (Wildman–Crippen LogP) is 5.37. The fourth-order valence-electron chi connectivity index (χ4n) is 3.21. The Morgan fingerprint density at radius 2 is 1.87 bits per heavy atom. The van der Waals surface area contributed by atoms with E-state index in [-0.39, 0.29) is 5.91 Å². The number of aromatic amines is 1. The maximum Gasteiger partial charge on any atom is 0.266 e. The van der Waals surface area contributed by atoms with Crippen molar-refractivity contribution in [1.29, 1.82) is 0 Å². The van der Waals surface area contributed by atoms with Crippen LogP contribution in [0, 0.1) is 6.92 Å². The zero-order valence-electron chi connectivity index (χ0n) is 16.9. The molecule has 0 fully saturated rings. The van der Waals surface area contributed by atoms with Gasteiger partial charge < -0.3 is 14.8 Å². The molecule has 0 saturated heterocycles. The van der Waals surface area contributed by atoms with E-state index in [4.69, 9.17) is 9.47 Å². The van der Waals surface area contributed by atoms with Gasteiger partial charge >= 0.3 is 0 Å². The summed E-state index contributed by atoms with van der Waals surface area (Å²) in [4.78, 5) is 13.5. The van der Waals surface area contributed by atoms with Crippen molar-refractivity contribution in [2.24, 2.45) is 0 Å². The molecule has 0 aliphatic heterocycles. The number of carbonyl (C=O) groups is 1. The van der Waals surface area contributed by atoms with Crippen molar-refractivity contribution >= 4 is 46.0 Å². The van der Waals surface area contributed by atoms with Gasteiger partial charge in [-0.05, 0) is 42.1 Å². The Bertz CT molecular complexity index is 1240. The first-order valence-electron chi connectivity index (χ1n) is 9.33. The van der Waals surface area contributed by atoms with Gasteiger partial charge in [-0.1, -0.05) is 24.3 Å². The summed E-state index contributed by atoms with van der Waals surface area (Å²) in [7, 11) is 3.15. The summed E-state index contributed by atoms with van der Waals surface area (Å²) < 4.78 is 10.9. The van der Waals surface area contributed by atoms with Crippen LogP contribution in [0.5, 0.6) is 11.5 Å². The smallest absolute Gasteiger partial charge is 0.266 e. The molecule has 0 atom stereocenters. The van der Waals surface area contributed by atoms with Gasteiger partial charge in [0.25, 0.3) is 5.91 Å². The molecule has 0 aliphatic rings. The summed E-state index contributed by atoms with van der Waals surface area (Å²) in [5, 5.41) is 13.3. The molecule has 0 aliphatic carbocycles. The molecule has 4 rings (SSSR count). The Balaban J connectivity index is 1.73. The van der Waals surface area contributed by atoms with Crippen LogP contribution in [-0.4, -0.2) is 30.3 Å². The number of anilines is 1. The highest BCUT2D eigenvalue weighted by atomic mass is 32.1. The van der Waals surface area contributed by atoms with E-state index in [0.717, 1.165) is 27.7 Å². The van der Waals surface area contributed by atoms with Gasteiger partial charge in [-0.2, -0.15) is 5.10 Å². The van der Waals surface area contributed by atoms with E-state index in [0.29, 0.717) is 22.1 Å². The highest BCUT2D eigenvalue weighted by Gasteiger charge is 2.15. The van der Waals surface area contributed by atoms with E-state index in [1.54, 1.807) is 20.3 Å². The van der Waals surface area contributed by atoms with Crippen LogP contribution in [0.4, 0.5) is 5.69 Å². The number of carbonyl (C=O) groups excluding carboxylic acids is 1. The van der Waals surface area contributed by atoms with E-state index in [9.17, 15) is 4.79 Å². The first kappa shape index (κ1) is 19.7. The number of hydrogen-bond acceptors (Lipinski definition) is 5. The van der Waals surface area contributed by atoms with Gasteiger partial charge in [-0.15, -0.1) is 11.3 Å². The molecular weight excluding hydrogens is 398 g/mol. The van der Waals surface area contributed by atoms with E-state index in [2.05, 4.69) is 15.5 Å². The summed E-state index contributed by atoms with van der Waals surface area (Å²) in [6, 6.07) is 13.4. The van der Waals surface area contributed by atoms with Crippen molar-refractivity contribution in [3.8, 4) is 11.5 Å². The van der Waals surface area contributed by atoms with Gasteiger partial charge in [-0.3, -0.25) is 9.89 Å². The molecule has 2 aromatic carbocycles. The van der Waals surface area contributed by atoms with Gasteiger partial charge in [-0.25, -0.2) is 0 Å². The maximum atomic E-state index is 12.8. The largest absolute Gasteiger partial charge is 0.493 e. The number of hydrogen-bond donors (Lipinski definition) is 2. The maximum absolute atomic E-state index is 12.8. The Hall–Kier alpha value is -3.58. The number of ether oxygens (including phenoxy) is 2. The van der Waals surface area contributed by atoms with E-state index in [1.807, 2.05) is 60.9 Å². The first-order valence-corrected chi connectivity index (χ1v) is 10.2. The van der Waals surface area contributed by atoms with E-state index >= 15 is 0 Å². The van der Waals surface area contributed by atoms with E-state index in [1.165, 1.54) is 11.3 Å². The third-order valence-electron chi connectivity index (χ3n) is 4.79. The average Bonchev–Trinajstić information content (AvgIpc) is 3.38. The highest BCUT2D eigenvalue weighted by Crippen LogP contribution is 2.35. The lowest BCUT2D eigenvalue weighted by atomic mass is 10.1. The second-order valence-electron chi connectivity index (χ2n) is 6.67. The molecule has 0 spiro atoms. The fraction of sp³-hybridized carbons (Fsp3) is 0.130. The molecule has 0 bridgehead atoms. The van der Waals surface area contributed by atoms with Crippen LogP contribution in [0.15, 0.2) is 47.8 Å². The number of aryl methyl sites for hydroxylation is 1. The summed E-state index contributed by atoms with van der Waals surface area (Å²) in [6.07, 6.45) is 3.81. The van der Waals surface area contributed by atoms with Crippen molar-refractivity contribution in [3.63, 3.8) is 0 Å². The number of H-pyrrole nitrogens is 1. The molecule has 7 heteroatoms. The van der Waals surface area contributed by atoms with Crippen molar-refractivity contribution < 1.29 is 14.3 Å². The summed E-state index contributed by atoms with van der Waals surface area (Å²) in [5.41, 5.74) is 4.12. The van der Waals surface area contributed by atoms with Crippen molar-refractivity contribution in [3.05, 3.63) is 69.5 Å². The first-order chi connectivity index (χ1) is 14.6. The molecule has 1 amide bonds. The monoisotopic (exact) mass is 419 g/mol. The standard InChI is InChI=1S/C23H21N3O3S/c1-14-10-11-30-22(14)23(27)24-19-13-21(29-3)20(28-2)12-15(19)8-9-18-16-6-4-5-7-17(16)25-26-18/h4-13H,1-3H3,(H,24,27)(H,25,26)/b9-8+. The Kier molecular flexibility index (Phi) is 5.54. The number of thiophene rings is 1. The van der Waals surface area contributed by atoms with Crippen LogP contribution in [0.3, 0.4) is 0 Å². The molecule has 2 N–H and O–H groups in total. The summed E-state index contributed by atoms with van der Waals surface area (Å²) in [6.45, 7) is 1.92. The van der Waals surface area contributed by atoms with Crippen molar-refractivity contribution in [1.82, 2.24) is 10.2 Å². The molecule has 2 heterocycles. The second-order valence-corrected chi connectivity index (χ2v) is 7.59. The van der Waals surface area contributed by atoms with Gasteiger partial charge in [0.1, 0.15) is 0 Å². The van der Waals surface area contributed by atoms with Crippen molar-refractivity contribution in [2.45, 2.75) is 6.92 Å². The topological polar surface area (TPSA) is 76.2 Å². The van der Waals surface area contributed by atoms with Crippen LogP contribution >= 0.6 is 11.3 Å². The minimum atomic E-state index is -0.158. The molecule has 6 nitrogen and oxygen atoms in total. The SMILES string of the molecule is COc1cc(/C=C/c2n[nH]c3ccccc23)c(NC(=O)c2sccc2C)cc1OC.